The number of carbonyl (C=O) groups is 1. The quantitative estimate of drug-likeness (QED) is 0.490. The Morgan fingerprint density at radius 2 is 2.00 bits per heavy atom. The molecule has 0 spiro atoms. The van der Waals surface area contributed by atoms with Crippen molar-refractivity contribution in [3.05, 3.63) is 71.4 Å². The number of hydrogen-bond donors (Lipinski definition) is 1. The molecule has 6 nitrogen and oxygen atoms in total. The lowest BCUT2D eigenvalue weighted by Crippen LogP contribution is -2.14. The molecule has 2 heterocycles. The molecular formula is C22H19N3O3S. The zero-order chi connectivity index (χ0) is 20.2. The standard InChI is InChI=1S/C22H19N3O3S/c1-14-13-29-22(24-14)25-21(26)11-15-7-8-16(12-20(15)27-2)28-19-9-10-23-18-6-4-3-5-17(18)19/h3-10,12-13H,11H2,1-2H3,(H,24,25,26). The van der Waals surface area contributed by atoms with Crippen LogP contribution in [0.1, 0.15) is 11.3 Å². The van der Waals surface area contributed by atoms with Crippen LogP contribution in [-0.4, -0.2) is 23.0 Å². The smallest absolute Gasteiger partial charge is 0.230 e. The fourth-order valence-electron chi connectivity index (χ4n) is 2.97. The van der Waals surface area contributed by atoms with Gasteiger partial charge in [-0.15, -0.1) is 11.3 Å². The summed E-state index contributed by atoms with van der Waals surface area (Å²) in [5, 5.41) is 6.23. The maximum absolute atomic E-state index is 12.3. The van der Waals surface area contributed by atoms with Crippen LogP contribution in [0, 0.1) is 6.92 Å². The number of amides is 1. The molecule has 2 aromatic carbocycles. The van der Waals surface area contributed by atoms with Crippen LogP contribution in [0.25, 0.3) is 10.9 Å². The average molecular weight is 405 g/mol. The van der Waals surface area contributed by atoms with E-state index in [4.69, 9.17) is 9.47 Å². The molecule has 4 aromatic rings. The monoisotopic (exact) mass is 405 g/mol. The van der Waals surface area contributed by atoms with E-state index in [0.29, 0.717) is 22.4 Å². The molecule has 29 heavy (non-hydrogen) atoms. The van der Waals surface area contributed by atoms with E-state index in [0.717, 1.165) is 22.2 Å². The predicted octanol–water partition coefficient (Wildman–Crippen LogP) is 4.98. The highest BCUT2D eigenvalue weighted by Gasteiger charge is 2.13. The normalized spacial score (nSPS) is 10.7. The molecular weight excluding hydrogens is 386 g/mol. The van der Waals surface area contributed by atoms with E-state index in [1.165, 1.54) is 11.3 Å². The molecule has 0 aliphatic heterocycles. The van der Waals surface area contributed by atoms with Crippen LogP contribution >= 0.6 is 11.3 Å². The second kappa shape index (κ2) is 8.28. The number of nitrogens with one attached hydrogen (secondary N) is 1. The molecule has 2 aromatic heterocycles. The number of anilines is 1. The first kappa shape index (κ1) is 18.9. The summed E-state index contributed by atoms with van der Waals surface area (Å²) < 4.78 is 11.5. The Balaban J connectivity index is 1.52. The molecule has 7 heteroatoms. The Morgan fingerprint density at radius 1 is 1.14 bits per heavy atom. The third kappa shape index (κ3) is 4.35. The van der Waals surface area contributed by atoms with Crippen molar-refractivity contribution in [2.75, 3.05) is 12.4 Å². The largest absolute Gasteiger partial charge is 0.496 e. The first-order chi connectivity index (χ1) is 14.1. The molecule has 1 amide bonds. The zero-order valence-corrected chi connectivity index (χ0v) is 16.8. The van der Waals surface area contributed by atoms with Gasteiger partial charge in [0.25, 0.3) is 0 Å². The van der Waals surface area contributed by atoms with Crippen molar-refractivity contribution >= 4 is 33.3 Å². The molecule has 0 bridgehead atoms. The van der Waals surface area contributed by atoms with Crippen molar-refractivity contribution in [3.63, 3.8) is 0 Å². The number of methoxy groups -OCH3 is 1. The Labute approximate surface area is 172 Å². The van der Waals surface area contributed by atoms with Crippen LogP contribution in [0.2, 0.25) is 0 Å². The highest BCUT2D eigenvalue weighted by molar-refractivity contribution is 7.13. The summed E-state index contributed by atoms with van der Waals surface area (Å²) >= 11 is 1.40. The summed E-state index contributed by atoms with van der Waals surface area (Å²) in [7, 11) is 1.58. The number of carbonyl (C=O) groups excluding carboxylic acids is 1. The molecule has 0 radical (unpaired) electrons. The van der Waals surface area contributed by atoms with Gasteiger partial charge in [-0.05, 0) is 31.2 Å². The van der Waals surface area contributed by atoms with E-state index in [2.05, 4.69) is 15.3 Å². The minimum absolute atomic E-state index is 0.147. The van der Waals surface area contributed by atoms with E-state index < -0.39 is 0 Å². The van der Waals surface area contributed by atoms with E-state index >= 15 is 0 Å². The fourth-order valence-corrected chi connectivity index (χ4v) is 3.67. The summed E-state index contributed by atoms with van der Waals surface area (Å²) in [5.74, 6) is 1.78. The van der Waals surface area contributed by atoms with E-state index in [1.807, 2.05) is 54.8 Å². The SMILES string of the molecule is COc1cc(Oc2ccnc3ccccc23)ccc1CC(=O)Nc1nc(C)cs1. The zero-order valence-electron chi connectivity index (χ0n) is 16.0. The van der Waals surface area contributed by atoms with E-state index in [9.17, 15) is 4.79 Å². The van der Waals surface area contributed by atoms with Crippen molar-refractivity contribution in [2.45, 2.75) is 13.3 Å². The molecule has 1 N–H and O–H groups in total. The molecule has 0 aliphatic carbocycles. The van der Waals surface area contributed by atoms with Gasteiger partial charge in [0.2, 0.25) is 5.91 Å². The second-order valence-electron chi connectivity index (χ2n) is 6.42. The van der Waals surface area contributed by atoms with Gasteiger partial charge in [0, 0.05) is 28.6 Å². The van der Waals surface area contributed by atoms with Crippen molar-refractivity contribution in [1.82, 2.24) is 9.97 Å². The Bertz CT molecular complexity index is 1170. The number of rotatable bonds is 6. The molecule has 0 fully saturated rings. The average Bonchev–Trinajstić information content (AvgIpc) is 3.13. The summed E-state index contributed by atoms with van der Waals surface area (Å²) in [5.41, 5.74) is 2.51. The van der Waals surface area contributed by atoms with E-state index in [1.54, 1.807) is 19.4 Å². The lowest BCUT2D eigenvalue weighted by atomic mass is 10.1. The number of pyridine rings is 1. The fraction of sp³-hybridized carbons (Fsp3) is 0.136. The van der Waals surface area contributed by atoms with E-state index in [-0.39, 0.29) is 12.3 Å². The highest BCUT2D eigenvalue weighted by atomic mass is 32.1. The third-order valence-corrected chi connectivity index (χ3v) is 5.19. The first-order valence-electron chi connectivity index (χ1n) is 9.03. The Morgan fingerprint density at radius 3 is 2.79 bits per heavy atom. The second-order valence-corrected chi connectivity index (χ2v) is 7.28. The predicted molar refractivity (Wildman–Crippen MR) is 114 cm³/mol. The number of ether oxygens (including phenoxy) is 2. The topological polar surface area (TPSA) is 73.3 Å². The first-order valence-corrected chi connectivity index (χ1v) is 9.91. The lowest BCUT2D eigenvalue weighted by molar-refractivity contribution is -0.115. The van der Waals surface area contributed by atoms with Gasteiger partial charge in [-0.3, -0.25) is 9.78 Å². The van der Waals surface area contributed by atoms with Gasteiger partial charge in [0.05, 0.1) is 24.7 Å². The van der Waals surface area contributed by atoms with Gasteiger partial charge in [-0.2, -0.15) is 0 Å². The van der Waals surface area contributed by atoms with Crippen LogP contribution in [0.4, 0.5) is 5.13 Å². The summed E-state index contributed by atoms with van der Waals surface area (Å²) in [4.78, 5) is 20.9. The molecule has 146 valence electrons. The molecule has 0 unspecified atom stereocenters. The van der Waals surface area contributed by atoms with Crippen LogP contribution < -0.4 is 14.8 Å². The minimum Gasteiger partial charge on any atom is -0.496 e. The van der Waals surface area contributed by atoms with Gasteiger partial charge in [0.1, 0.15) is 17.2 Å². The minimum atomic E-state index is -0.147. The lowest BCUT2D eigenvalue weighted by Gasteiger charge is -2.12. The maximum atomic E-state index is 12.3. The number of fused-ring (bicyclic) bond motifs is 1. The van der Waals surface area contributed by atoms with Crippen LogP contribution in [0.3, 0.4) is 0 Å². The third-order valence-electron chi connectivity index (χ3n) is 4.31. The van der Waals surface area contributed by atoms with Crippen molar-refractivity contribution in [3.8, 4) is 17.2 Å². The van der Waals surface area contributed by atoms with Crippen LogP contribution in [-0.2, 0) is 11.2 Å². The van der Waals surface area contributed by atoms with Gasteiger partial charge in [-0.1, -0.05) is 18.2 Å². The molecule has 4 rings (SSSR count). The molecule has 0 atom stereocenters. The van der Waals surface area contributed by atoms with Crippen LogP contribution in [0.15, 0.2) is 60.1 Å². The Kier molecular flexibility index (Phi) is 5.39. The molecule has 0 saturated carbocycles. The Hall–Kier alpha value is -3.45. The number of para-hydroxylation sites is 1. The molecule has 0 saturated heterocycles. The number of aryl methyl sites for hydroxylation is 1. The number of thiazole rings is 1. The number of benzene rings is 2. The maximum Gasteiger partial charge on any atom is 0.230 e. The van der Waals surface area contributed by atoms with Gasteiger partial charge < -0.3 is 14.8 Å². The summed E-state index contributed by atoms with van der Waals surface area (Å²) in [6.07, 6.45) is 1.90. The summed E-state index contributed by atoms with van der Waals surface area (Å²) in [6, 6.07) is 15.1. The van der Waals surface area contributed by atoms with Gasteiger partial charge in [0.15, 0.2) is 5.13 Å². The number of aromatic nitrogens is 2. The van der Waals surface area contributed by atoms with Crippen molar-refractivity contribution < 1.29 is 14.3 Å². The number of nitrogens with zero attached hydrogens (tertiary/aromatic N) is 2. The molecule has 0 aliphatic rings. The van der Waals surface area contributed by atoms with Crippen molar-refractivity contribution in [2.24, 2.45) is 0 Å². The highest BCUT2D eigenvalue weighted by Crippen LogP contribution is 2.32. The number of hydrogen-bond acceptors (Lipinski definition) is 6. The van der Waals surface area contributed by atoms with Crippen molar-refractivity contribution in [1.29, 1.82) is 0 Å². The summed E-state index contributed by atoms with van der Waals surface area (Å²) in [6.45, 7) is 1.89. The van der Waals surface area contributed by atoms with Gasteiger partial charge in [-0.25, -0.2) is 4.98 Å². The van der Waals surface area contributed by atoms with Crippen LogP contribution in [0.5, 0.6) is 17.2 Å². The van der Waals surface area contributed by atoms with Gasteiger partial charge >= 0.3 is 0 Å².